The van der Waals surface area contributed by atoms with Crippen molar-refractivity contribution in [3.63, 3.8) is 0 Å². The summed E-state index contributed by atoms with van der Waals surface area (Å²) in [6.45, 7) is 9.33. The Morgan fingerprint density at radius 3 is 2.79 bits per heavy atom. The number of aromatic nitrogens is 2. The Hall–Kier alpha value is -1.65. The molecule has 1 N–H and O–H groups in total. The van der Waals surface area contributed by atoms with Crippen LogP contribution in [0.1, 0.15) is 43.2 Å². The van der Waals surface area contributed by atoms with Gasteiger partial charge in [-0.25, -0.2) is 14.8 Å². The largest absolute Gasteiger partial charge is 0.462 e. The van der Waals surface area contributed by atoms with Gasteiger partial charge in [-0.15, -0.1) is 0 Å². The molecule has 1 aromatic heterocycles. The van der Waals surface area contributed by atoms with Crippen LogP contribution in [0.25, 0.3) is 0 Å². The van der Waals surface area contributed by atoms with Crippen molar-refractivity contribution in [3.05, 3.63) is 17.5 Å². The number of hydrogen-bond acceptors (Lipinski definition) is 5. The second-order valence-electron chi connectivity index (χ2n) is 5.68. The molecule has 1 aliphatic carbocycles. The molecule has 1 aliphatic rings. The molecule has 1 heterocycles. The van der Waals surface area contributed by atoms with Crippen LogP contribution < -0.4 is 5.32 Å². The predicted octanol–water partition coefficient (Wildman–Crippen LogP) is 2.42. The SMILES string of the molecule is CCOC(=O)c1cnc(NCC2CC2(C)C)nc1C. The maximum Gasteiger partial charge on any atom is 0.341 e. The highest BCUT2D eigenvalue weighted by Crippen LogP contribution is 2.51. The highest BCUT2D eigenvalue weighted by molar-refractivity contribution is 5.90. The molecule has 2 rings (SSSR count). The minimum atomic E-state index is -0.366. The summed E-state index contributed by atoms with van der Waals surface area (Å²) in [4.78, 5) is 20.1. The van der Waals surface area contributed by atoms with E-state index in [0.717, 1.165) is 6.54 Å². The van der Waals surface area contributed by atoms with E-state index in [1.54, 1.807) is 13.8 Å². The predicted molar refractivity (Wildman–Crippen MR) is 73.1 cm³/mol. The van der Waals surface area contributed by atoms with Crippen LogP contribution >= 0.6 is 0 Å². The van der Waals surface area contributed by atoms with Gasteiger partial charge in [0.25, 0.3) is 0 Å². The number of esters is 1. The minimum Gasteiger partial charge on any atom is -0.462 e. The molecular weight excluding hydrogens is 242 g/mol. The Kier molecular flexibility index (Phi) is 3.73. The van der Waals surface area contributed by atoms with Crippen molar-refractivity contribution >= 4 is 11.9 Å². The molecule has 0 bridgehead atoms. The van der Waals surface area contributed by atoms with E-state index in [4.69, 9.17) is 4.74 Å². The number of nitrogens with one attached hydrogen (secondary N) is 1. The van der Waals surface area contributed by atoms with E-state index in [1.165, 1.54) is 12.6 Å². The fraction of sp³-hybridized carbons (Fsp3) is 0.643. The molecule has 0 aliphatic heterocycles. The zero-order valence-electron chi connectivity index (χ0n) is 12.0. The summed E-state index contributed by atoms with van der Waals surface area (Å²) in [6, 6.07) is 0. The van der Waals surface area contributed by atoms with E-state index in [0.29, 0.717) is 35.1 Å². The Labute approximate surface area is 113 Å². The van der Waals surface area contributed by atoms with Gasteiger partial charge in [0.05, 0.1) is 17.9 Å². The Morgan fingerprint density at radius 1 is 1.58 bits per heavy atom. The second-order valence-corrected chi connectivity index (χ2v) is 5.68. The number of ether oxygens (including phenoxy) is 1. The van der Waals surface area contributed by atoms with Crippen LogP contribution in [0.5, 0.6) is 0 Å². The Bertz CT molecular complexity index is 486. The molecule has 104 valence electrons. The van der Waals surface area contributed by atoms with E-state index in [1.807, 2.05) is 0 Å². The maximum atomic E-state index is 11.6. The van der Waals surface area contributed by atoms with Crippen molar-refractivity contribution in [2.75, 3.05) is 18.5 Å². The molecule has 1 atom stereocenters. The third-order valence-corrected chi connectivity index (χ3v) is 3.70. The molecule has 0 radical (unpaired) electrons. The molecule has 19 heavy (non-hydrogen) atoms. The number of hydrogen-bond donors (Lipinski definition) is 1. The van der Waals surface area contributed by atoms with Crippen LogP contribution in [-0.4, -0.2) is 29.1 Å². The van der Waals surface area contributed by atoms with Gasteiger partial charge in [-0.3, -0.25) is 0 Å². The monoisotopic (exact) mass is 263 g/mol. The van der Waals surface area contributed by atoms with Gasteiger partial charge in [-0.05, 0) is 31.6 Å². The third-order valence-electron chi connectivity index (χ3n) is 3.70. The van der Waals surface area contributed by atoms with Gasteiger partial charge in [0, 0.05) is 12.7 Å². The van der Waals surface area contributed by atoms with E-state index in [2.05, 4.69) is 29.1 Å². The highest BCUT2D eigenvalue weighted by atomic mass is 16.5. The van der Waals surface area contributed by atoms with Crippen LogP contribution in [-0.2, 0) is 4.74 Å². The summed E-state index contributed by atoms with van der Waals surface area (Å²) >= 11 is 0. The van der Waals surface area contributed by atoms with E-state index < -0.39 is 0 Å². The van der Waals surface area contributed by atoms with Gasteiger partial charge in [0.2, 0.25) is 5.95 Å². The molecule has 0 saturated heterocycles. The lowest BCUT2D eigenvalue weighted by atomic mass is 10.1. The van der Waals surface area contributed by atoms with Crippen molar-refractivity contribution in [2.45, 2.75) is 34.1 Å². The fourth-order valence-electron chi connectivity index (χ4n) is 2.10. The van der Waals surface area contributed by atoms with Crippen LogP contribution in [0.15, 0.2) is 6.20 Å². The summed E-state index contributed by atoms with van der Waals surface area (Å²) in [5.74, 6) is 0.893. The molecule has 1 aromatic rings. The summed E-state index contributed by atoms with van der Waals surface area (Å²) in [5, 5.41) is 3.23. The van der Waals surface area contributed by atoms with Gasteiger partial charge in [-0.2, -0.15) is 0 Å². The van der Waals surface area contributed by atoms with Crippen LogP contribution in [0.2, 0.25) is 0 Å². The Balaban J connectivity index is 1.97. The molecule has 1 fully saturated rings. The molecule has 1 saturated carbocycles. The first-order valence-electron chi connectivity index (χ1n) is 6.68. The van der Waals surface area contributed by atoms with E-state index >= 15 is 0 Å². The molecule has 5 heteroatoms. The van der Waals surface area contributed by atoms with Crippen molar-refractivity contribution in [1.82, 2.24) is 9.97 Å². The smallest absolute Gasteiger partial charge is 0.341 e. The number of rotatable bonds is 5. The zero-order chi connectivity index (χ0) is 14.0. The minimum absolute atomic E-state index is 0.356. The quantitative estimate of drug-likeness (QED) is 0.826. The summed E-state index contributed by atoms with van der Waals surface area (Å²) in [7, 11) is 0. The summed E-state index contributed by atoms with van der Waals surface area (Å²) in [5.41, 5.74) is 1.51. The van der Waals surface area contributed by atoms with E-state index in [-0.39, 0.29) is 5.97 Å². The normalized spacial score (nSPS) is 19.9. The maximum absolute atomic E-state index is 11.6. The van der Waals surface area contributed by atoms with Crippen LogP contribution in [0, 0.1) is 18.3 Å². The molecule has 0 spiro atoms. The molecule has 0 aromatic carbocycles. The third kappa shape index (κ3) is 3.22. The van der Waals surface area contributed by atoms with E-state index in [9.17, 15) is 4.79 Å². The number of anilines is 1. The van der Waals surface area contributed by atoms with Gasteiger partial charge >= 0.3 is 5.97 Å². The lowest BCUT2D eigenvalue weighted by Crippen LogP contribution is -2.13. The molecular formula is C14H21N3O2. The van der Waals surface area contributed by atoms with Gasteiger partial charge in [0.1, 0.15) is 0 Å². The topological polar surface area (TPSA) is 64.1 Å². The number of aryl methyl sites for hydroxylation is 1. The highest BCUT2D eigenvalue weighted by Gasteiger charge is 2.45. The first-order chi connectivity index (χ1) is 8.94. The first-order valence-corrected chi connectivity index (χ1v) is 6.68. The lowest BCUT2D eigenvalue weighted by Gasteiger charge is -2.08. The standard InChI is InChI=1S/C14H21N3O2/c1-5-19-12(18)11-8-16-13(17-9(11)2)15-7-10-6-14(10,3)4/h8,10H,5-7H2,1-4H3,(H,15,16,17). The zero-order valence-corrected chi connectivity index (χ0v) is 12.0. The average Bonchev–Trinajstić information content (AvgIpc) is 2.95. The lowest BCUT2D eigenvalue weighted by molar-refractivity contribution is 0.0524. The first kappa shape index (κ1) is 13.8. The van der Waals surface area contributed by atoms with Crippen molar-refractivity contribution in [3.8, 4) is 0 Å². The van der Waals surface area contributed by atoms with Crippen LogP contribution in [0.3, 0.4) is 0 Å². The number of carbonyl (C=O) groups is 1. The number of carbonyl (C=O) groups excluding carboxylic acids is 1. The van der Waals surface area contributed by atoms with Gasteiger partial charge < -0.3 is 10.1 Å². The molecule has 0 amide bonds. The van der Waals surface area contributed by atoms with Crippen molar-refractivity contribution in [1.29, 1.82) is 0 Å². The Morgan fingerprint density at radius 2 is 2.26 bits per heavy atom. The number of nitrogens with zero attached hydrogens (tertiary/aromatic N) is 2. The molecule has 5 nitrogen and oxygen atoms in total. The molecule has 1 unspecified atom stereocenters. The fourth-order valence-corrected chi connectivity index (χ4v) is 2.10. The van der Waals surface area contributed by atoms with Crippen LogP contribution in [0.4, 0.5) is 5.95 Å². The summed E-state index contributed by atoms with van der Waals surface area (Å²) < 4.78 is 4.94. The van der Waals surface area contributed by atoms with Gasteiger partial charge in [0.15, 0.2) is 0 Å². The van der Waals surface area contributed by atoms with Gasteiger partial charge in [-0.1, -0.05) is 13.8 Å². The summed E-state index contributed by atoms with van der Waals surface area (Å²) in [6.07, 6.45) is 2.76. The van der Waals surface area contributed by atoms with Crippen molar-refractivity contribution in [2.24, 2.45) is 11.3 Å². The second kappa shape index (κ2) is 5.15. The average molecular weight is 263 g/mol. The van der Waals surface area contributed by atoms with Crippen molar-refractivity contribution < 1.29 is 9.53 Å².